The molecule has 0 heterocycles. The van der Waals surface area contributed by atoms with E-state index >= 15 is 0 Å². The van der Waals surface area contributed by atoms with E-state index in [4.69, 9.17) is 0 Å². The summed E-state index contributed by atoms with van der Waals surface area (Å²) in [6.07, 6.45) is 5.38. The highest BCUT2D eigenvalue weighted by atomic mass is 19.1. The van der Waals surface area contributed by atoms with Crippen molar-refractivity contribution in [1.29, 1.82) is 0 Å². The van der Waals surface area contributed by atoms with Crippen LogP contribution in [0.5, 0.6) is 0 Å². The SMILES string of the molecule is CCC(C)(F)C1CCCC1. The Bertz CT molecular complexity index is 101. The van der Waals surface area contributed by atoms with Crippen molar-refractivity contribution in [2.24, 2.45) is 5.92 Å². The molecule has 1 aliphatic carbocycles. The molecule has 0 nitrogen and oxygen atoms in total. The molecular weight excluding hydrogens is 127 g/mol. The van der Waals surface area contributed by atoms with Crippen molar-refractivity contribution < 1.29 is 4.39 Å². The first-order valence-corrected chi connectivity index (χ1v) is 4.35. The minimum Gasteiger partial charge on any atom is -0.244 e. The van der Waals surface area contributed by atoms with E-state index in [0.717, 1.165) is 12.8 Å². The van der Waals surface area contributed by atoms with Crippen LogP contribution in [0.25, 0.3) is 0 Å². The third-order valence-corrected chi connectivity index (χ3v) is 2.90. The Morgan fingerprint density at radius 2 is 1.90 bits per heavy atom. The highest BCUT2D eigenvalue weighted by Gasteiger charge is 2.33. The smallest absolute Gasteiger partial charge is 0.110 e. The summed E-state index contributed by atoms with van der Waals surface area (Å²) in [7, 11) is 0. The molecule has 1 unspecified atom stereocenters. The van der Waals surface area contributed by atoms with E-state index in [0.29, 0.717) is 12.3 Å². The van der Waals surface area contributed by atoms with Crippen molar-refractivity contribution >= 4 is 0 Å². The first-order valence-electron chi connectivity index (χ1n) is 4.35. The Labute approximate surface area is 62.8 Å². The normalized spacial score (nSPS) is 26.7. The Morgan fingerprint density at radius 1 is 1.40 bits per heavy atom. The summed E-state index contributed by atoms with van der Waals surface area (Å²) in [4.78, 5) is 0. The molecular formula is C9H17F. The molecule has 60 valence electrons. The van der Waals surface area contributed by atoms with Gasteiger partial charge in [-0.05, 0) is 32.1 Å². The average Bonchev–Trinajstić information content (AvgIpc) is 2.38. The summed E-state index contributed by atoms with van der Waals surface area (Å²) in [6, 6.07) is 0. The van der Waals surface area contributed by atoms with Crippen LogP contribution >= 0.6 is 0 Å². The van der Waals surface area contributed by atoms with Gasteiger partial charge in [0.05, 0.1) is 0 Å². The minimum atomic E-state index is -0.878. The van der Waals surface area contributed by atoms with E-state index in [1.165, 1.54) is 12.8 Å². The van der Waals surface area contributed by atoms with Gasteiger partial charge in [-0.1, -0.05) is 19.8 Å². The molecule has 0 saturated heterocycles. The van der Waals surface area contributed by atoms with Gasteiger partial charge >= 0.3 is 0 Å². The van der Waals surface area contributed by atoms with Crippen LogP contribution < -0.4 is 0 Å². The van der Waals surface area contributed by atoms with Gasteiger partial charge in [-0.25, -0.2) is 4.39 Å². The lowest BCUT2D eigenvalue weighted by Crippen LogP contribution is -2.26. The van der Waals surface area contributed by atoms with Gasteiger partial charge in [0.1, 0.15) is 5.67 Å². The van der Waals surface area contributed by atoms with Crippen LogP contribution in [0, 0.1) is 5.92 Å². The van der Waals surface area contributed by atoms with Crippen molar-refractivity contribution in [2.75, 3.05) is 0 Å². The molecule has 0 aromatic heterocycles. The summed E-state index contributed by atoms with van der Waals surface area (Å²) >= 11 is 0. The summed E-state index contributed by atoms with van der Waals surface area (Å²) in [5.74, 6) is 0.359. The highest BCUT2D eigenvalue weighted by molar-refractivity contribution is 4.84. The van der Waals surface area contributed by atoms with Crippen molar-refractivity contribution in [1.82, 2.24) is 0 Å². The second-order valence-corrected chi connectivity index (χ2v) is 3.61. The zero-order chi connectivity index (χ0) is 7.61. The largest absolute Gasteiger partial charge is 0.244 e. The number of rotatable bonds is 2. The second kappa shape index (κ2) is 2.89. The van der Waals surface area contributed by atoms with Crippen molar-refractivity contribution in [3.05, 3.63) is 0 Å². The average molecular weight is 144 g/mol. The molecule has 0 aliphatic heterocycles. The predicted molar refractivity (Wildman–Crippen MR) is 41.8 cm³/mol. The minimum absolute atomic E-state index is 0.359. The first-order chi connectivity index (χ1) is 4.67. The van der Waals surface area contributed by atoms with E-state index in [2.05, 4.69) is 0 Å². The number of halogens is 1. The summed E-state index contributed by atoms with van der Waals surface area (Å²) in [5, 5.41) is 0. The Balaban J connectivity index is 2.45. The molecule has 0 N–H and O–H groups in total. The van der Waals surface area contributed by atoms with Crippen molar-refractivity contribution in [2.45, 2.75) is 51.6 Å². The van der Waals surface area contributed by atoms with Crippen LogP contribution in [0.3, 0.4) is 0 Å². The summed E-state index contributed by atoms with van der Waals surface area (Å²) < 4.78 is 13.5. The lowest BCUT2D eigenvalue weighted by molar-refractivity contribution is 0.100. The van der Waals surface area contributed by atoms with Crippen molar-refractivity contribution in [3.8, 4) is 0 Å². The van der Waals surface area contributed by atoms with E-state index in [9.17, 15) is 4.39 Å². The van der Waals surface area contributed by atoms with Gasteiger partial charge in [0, 0.05) is 0 Å². The standard InChI is InChI=1S/C9H17F/c1-3-9(2,10)8-6-4-5-7-8/h8H,3-7H2,1-2H3. The number of alkyl halides is 1. The molecule has 1 atom stereocenters. The lowest BCUT2D eigenvalue weighted by Gasteiger charge is -2.25. The third-order valence-electron chi connectivity index (χ3n) is 2.90. The first kappa shape index (κ1) is 8.03. The monoisotopic (exact) mass is 144 g/mol. The van der Waals surface area contributed by atoms with Crippen LogP contribution in [0.1, 0.15) is 46.0 Å². The number of hydrogen-bond donors (Lipinski definition) is 0. The summed E-state index contributed by atoms with van der Waals surface area (Å²) in [6.45, 7) is 3.70. The maximum Gasteiger partial charge on any atom is 0.110 e. The fraction of sp³-hybridized carbons (Fsp3) is 1.00. The van der Waals surface area contributed by atoms with Gasteiger partial charge < -0.3 is 0 Å². The van der Waals surface area contributed by atoms with Gasteiger partial charge in [0.2, 0.25) is 0 Å². The molecule has 1 fully saturated rings. The molecule has 0 radical (unpaired) electrons. The topological polar surface area (TPSA) is 0 Å². The quantitative estimate of drug-likeness (QED) is 0.557. The molecule has 0 amide bonds. The van der Waals surface area contributed by atoms with E-state index in [1.54, 1.807) is 6.92 Å². The van der Waals surface area contributed by atoms with Gasteiger partial charge in [0.15, 0.2) is 0 Å². The van der Waals surface area contributed by atoms with Gasteiger partial charge in [-0.15, -0.1) is 0 Å². The Morgan fingerprint density at radius 3 is 2.30 bits per heavy atom. The third kappa shape index (κ3) is 1.50. The van der Waals surface area contributed by atoms with Gasteiger partial charge in [-0.2, -0.15) is 0 Å². The predicted octanol–water partition coefficient (Wildman–Crippen LogP) is 3.31. The second-order valence-electron chi connectivity index (χ2n) is 3.61. The fourth-order valence-corrected chi connectivity index (χ4v) is 1.82. The molecule has 0 aromatic rings. The molecule has 1 rings (SSSR count). The van der Waals surface area contributed by atoms with E-state index < -0.39 is 5.67 Å². The highest BCUT2D eigenvalue weighted by Crippen LogP contribution is 2.38. The molecule has 0 aromatic carbocycles. The lowest BCUT2D eigenvalue weighted by atomic mass is 9.87. The Kier molecular flexibility index (Phi) is 2.32. The zero-order valence-corrected chi connectivity index (χ0v) is 6.99. The van der Waals surface area contributed by atoms with Crippen LogP contribution in [-0.2, 0) is 0 Å². The van der Waals surface area contributed by atoms with Crippen LogP contribution in [0.2, 0.25) is 0 Å². The van der Waals surface area contributed by atoms with Gasteiger partial charge in [0.25, 0.3) is 0 Å². The van der Waals surface area contributed by atoms with Gasteiger partial charge in [-0.3, -0.25) is 0 Å². The maximum absolute atomic E-state index is 13.5. The van der Waals surface area contributed by atoms with Crippen LogP contribution in [0.4, 0.5) is 4.39 Å². The molecule has 1 aliphatic rings. The zero-order valence-electron chi connectivity index (χ0n) is 6.99. The van der Waals surface area contributed by atoms with Crippen LogP contribution in [-0.4, -0.2) is 5.67 Å². The van der Waals surface area contributed by atoms with E-state index in [-0.39, 0.29) is 0 Å². The molecule has 0 spiro atoms. The molecule has 0 bridgehead atoms. The summed E-state index contributed by atoms with van der Waals surface area (Å²) in [5.41, 5.74) is -0.878. The molecule has 1 saturated carbocycles. The fourth-order valence-electron chi connectivity index (χ4n) is 1.82. The van der Waals surface area contributed by atoms with E-state index in [1.807, 2.05) is 6.92 Å². The maximum atomic E-state index is 13.5. The van der Waals surface area contributed by atoms with Crippen molar-refractivity contribution in [3.63, 3.8) is 0 Å². The molecule has 10 heavy (non-hydrogen) atoms. The number of hydrogen-bond acceptors (Lipinski definition) is 0. The van der Waals surface area contributed by atoms with Crippen LogP contribution in [0.15, 0.2) is 0 Å². The molecule has 1 heteroatoms. The Hall–Kier alpha value is -0.0700.